The first-order chi connectivity index (χ1) is 8.74. The van der Waals surface area contributed by atoms with Crippen LogP contribution in [0.25, 0.3) is 0 Å². The molecule has 5 N–H and O–H groups in total. The third-order valence-corrected chi connectivity index (χ3v) is 2.38. The maximum Gasteiger partial charge on any atom is 0.319 e. The van der Waals surface area contributed by atoms with Crippen LogP contribution in [-0.2, 0) is 6.42 Å². The van der Waals surface area contributed by atoms with Crippen LogP contribution >= 0.6 is 0 Å². The average Bonchev–Trinajstić information content (AvgIpc) is 2.82. The zero-order valence-corrected chi connectivity index (χ0v) is 9.81. The van der Waals surface area contributed by atoms with Gasteiger partial charge in [-0.05, 0) is 18.2 Å². The van der Waals surface area contributed by atoms with Gasteiger partial charge in [0, 0.05) is 36.2 Å². The lowest BCUT2D eigenvalue weighted by atomic mass is 10.3. The minimum absolute atomic E-state index is 0.250. The summed E-state index contributed by atoms with van der Waals surface area (Å²) in [6.45, 7) is 0.538. The van der Waals surface area contributed by atoms with Crippen molar-refractivity contribution in [2.45, 2.75) is 6.42 Å². The molecule has 0 fully saturated rings. The Morgan fingerprint density at radius 3 is 3.06 bits per heavy atom. The van der Waals surface area contributed by atoms with Gasteiger partial charge in [-0.3, -0.25) is 0 Å². The normalized spacial score (nSPS) is 10.0. The molecular weight excluding hydrogens is 230 g/mol. The van der Waals surface area contributed by atoms with Crippen LogP contribution in [0, 0.1) is 0 Å². The SMILES string of the molecule is Nc1cccc(NC(=O)NCCc2cnc[nH]2)c1. The van der Waals surface area contributed by atoms with Crippen molar-refractivity contribution in [1.29, 1.82) is 0 Å². The number of hydrogen-bond donors (Lipinski definition) is 4. The maximum absolute atomic E-state index is 11.6. The first kappa shape index (κ1) is 12.0. The molecule has 0 spiro atoms. The number of rotatable bonds is 4. The quantitative estimate of drug-likeness (QED) is 0.612. The molecule has 2 amide bonds. The second-order valence-electron chi connectivity index (χ2n) is 3.83. The van der Waals surface area contributed by atoms with Crippen LogP contribution in [0.2, 0.25) is 0 Å². The average molecular weight is 245 g/mol. The van der Waals surface area contributed by atoms with E-state index >= 15 is 0 Å². The summed E-state index contributed by atoms with van der Waals surface area (Å²) < 4.78 is 0. The van der Waals surface area contributed by atoms with Crippen molar-refractivity contribution in [3.8, 4) is 0 Å². The molecule has 0 unspecified atom stereocenters. The Labute approximate surface area is 105 Å². The summed E-state index contributed by atoms with van der Waals surface area (Å²) in [5.41, 5.74) is 7.89. The molecule has 94 valence electrons. The number of aromatic amines is 1. The molecule has 6 heteroatoms. The molecular formula is C12H15N5O. The van der Waals surface area contributed by atoms with Crippen molar-refractivity contribution in [2.75, 3.05) is 17.6 Å². The van der Waals surface area contributed by atoms with Crippen LogP contribution < -0.4 is 16.4 Å². The summed E-state index contributed by atoms with van der Waals surface area (Å²) in [6.07, 6.45) is 4.06. The molecule has 0 aliphatic rings. The Morgan fingerprint density at radius 2 is 2.33 bits per heavy atom. The number of anilines is 2. The third-order valence-electron chi connectivity index (χ3n) is 2.38. The summed E-state index contributed by atoms with van der Waals surface area (Å²) in [5, 5.41) is 5.46. The fourth-order valence-corrected chi connectivity index (χ4v) is 1.52. The van der Waals surface area contributed by atoms with Gasteiger partial charge in [0.25, 0.3) is 0 Å². The first-order valence-electron chi connectivity index (χ1n) is 5.62. The highest BCUT2D eigenvalue weighted by Gasteiger charge is 2.01. The van der Waals surface area contributed by atoms with E-state index in [-0.39, 0.29) is 6.03 Å². The fourth-order valence-electron chi connectivity index (χ4n) is 1.52. The number of carbonyl (C=O) groups is 1. The number of nitrogen functional groups attached to an aromatic ring is 1. The minimum atomic E-state index is -0.250. The number of nitrogens with two attached hydrogens (primary N) is 1. The van der Waals surface area contributed by atoms with Crippen molar-refractivity contribution < 1.29 is 4.79 Å². The molecule has 18 heavy (non-hydrogen) atoms. The molecule has 0 saturated heterocycles. The van der Waals surface area contributed by atoms with Crippen LogP contribution in [0.3, 0.4) is 0 Å². The van der Waals surface area contributed by atoms with Crippen molar-refractivity contribution in [2.24, 2.45) is 0 Å². The summed E-state index contributed by atoms with van der Waals surface area (Å²) in [7, 11) is 0. The van der Waals surface area contributed by atoms with E-state index in [9.17, 15) is 4.79 Å². The number of hydrogen-bond acceptors (Lipinski definition) is 3. The fraction of sp³-hybridized carbons (Fsp3) is 0.167. The molecule has 6 nitrogen and oxygen atoms in total. The van der Waals surface area contributed by atoms with Gasteiger partial charge in [0.2, 0.25) is 0 Å². The van der Waals surface area contributed by atoms with Crippen molar-refractivity contribution in [3.05, 3.63) is 42.5 Å². The molecule has 0 saturated carbocycles. The summed E-state index contributed by atoms with van der Waals surface area (Å²) in [4.78, 5) is 18.4. The van der Waals surface area contributed by atoms with E-state index in [0.29, 0.717) is 24.3 Å². The molecule has 0 radical (unpaired) electrons. The highest BCUT2D eigenvalue weighted by atomic mass is 16.2. The molecule has 0 atom stereocenters. The number of imidazole rings is 1. The molecule has 0 aliphatic carbocycles. The van der Waals surface area contributed by atoms with Gasteiger partial charge in [0.05, 0.1) is 6.33 Å². The zero-order chi connectivity index (χ0) is 12.8. The van der Waals surface area contributed by atoms with Gasteiger partial charge in [-0.1, -0.05) is 6.07 Å². The van der Waals surface area contributed by atoms with Gasteiger partial charge in [-0.15, -0.1) is 0 Å². The Bertz CT molecular complexity index is 509. The Kier molecular flexibility index (Phi) is 3.80. The van der Waals surface area contributed by atoms with Gasteiger partial charge in [0.1, 0.15) is 0 Å². The van der Waals surface area contributed by atoms with E-state index in [4.69, 9.17) is 5.73 Å². The lowest BCUT2D eigenvalue weighted by Crippen LogP contribution is -2.30. The van der Waals surface area contributed by atoms with Crippen molar-refractivity contribution >= 4 is 17.4 Å². The molecule has 1 aromatic carbocycles. The van der Waals surface area contributed by atoms with E-state index in [1.54, 1.807) is 36.8 Å². The number of carbonyl (C=O) groups excluding carboxylic acids is 1. The number of H-pyrrole nitrogens is 1. The second-order valence-corrected chi connectivity index (χ2v) is 3.83. The largest absolute Gasteiger partial charge is 0.399 e. The second kappa shape index (κ2) is 5.72. The minimum Gasteiger partial charge on any atom is -0.399 e. The predicted molar refractivity (Wildman–Crippen MR) is 70.2 cm³/mol. The predicted octanol–water partition coefficient (Wildman–Crippen LogP) is 1.36. The van der Waals surface area contributed by atoms with E-state index in [2.05, 4.69) is 20.6 Å². The van der Waals surface area contributed by atoms with Gasteiger partial charge in [-0.25, -0.2) is 9.78 Å². The van der Waals surface area contributed by atoms with Gasteiger partial charge in [0.15, 0.2) is 0 Å². The third kappa shape index (κ3) is 3.51. The highest BCUT2D eigenvalue weighted by Crippen LogP contribution is 2.11. The molecule has 0 aliphatic heterocycles. The van der Waals surface area contributed by atoms with Crippen LogP contribution in [0.15, 0.2) is 36.8 Å². The molecule has 1 aromatic heterocycles. The summed E-state index contributed by atoms with van der Waals surface area (Å²) >= 11 is 0. The van der Waals surface area contributed by atoms with Crippen LogP contribution in [0.4, 0.5) is 16.2 Å². The zero-order valence-electron chi connectivity index (χ0n) is 9.81. The lowest BCUT2D eigenvalue weighted by Gasteiger charge is -2.07. The smallest absolute Gasteiger partial charge is 0.319 e. The van der Waals surface area contributed by atoms with Crippen molar-refractivity contribution in [3.63, 3.8) is 0 Å². The number of nitrogens with one attached hydrogen (secondary N) is 3. The van der Waals surface area contributed by atoms with Gasteiger partial charge < -0.3 is 21.4 Å². The standard InChI is InChI=1S/C12H15N5O/c13-9-2-1-3-10(6-9)17-12(18)15-5-4-11-7-14-8-16-11/h1-3,6-8H,4-5,13H2,(H,14,16)(H2,15,17,18). The first-order valence-corrected chi connectivity index (χ1v) is 5.62. The lowest BCUT2D eigenvalue weighted by molar-refractivity contribution is 0.252. The van der Waals surface area contributed by atoms with Crippen LogP contribution in [0.1, 0.15) is 5.69 Å². The number of nitrogens with zero attached hydrogens (tertiary/aromatic N) is 1. The number of urea groups is 1. The van der Waals surface area contributed by atoms with Crippen LogP contribution in [-0.4, -0.2) is 22.5 Å². The Hall–Kier alpha value is -2.50. The van der Waals surface area contributed by atoms with E-state index in [1.165, 1.54) is 0 Å². The summed E-state index contributed by atoms with van der Waals surface area (Å²) in [5.74, 6) is 0. The van der Waals surface area contributed by atoms with E-state index < -0.39 is 0 Å². The van der Waals surface area contributed by atoms with Crippen LogP contribution in [0.5, 0.6) is 0 Å². The highest BCUT2D eigenvalue weighted by molar-refractivity contribution is 5.89. The molecule has 2 aromatic rings. The number of benzene rings is 1. The summed E-state index contributed by atoms with van der Waals surface area (Å²) in [6, 6.07) is 6.79. The number of aromatic nitrogens is 2. The monoisotopic (exact) mass is 245 g/mol. The van der Waals surface area contributed by atoms with E-state index in [1.807, 2.05) is 0 Å². The number of amides is 2. The van der Waals surface area contributed by atoms with Gasteiger partial charge >= 0.3 is 6.03 Å². The molecule has 2 rings (SSSR count). The molecule has 0 bridgehead atoms. The maximum atomic E-state index is 11.6. The topological polar surface area (TPSA) is 95.8 Å². The van der Waals surface area contributed by atoms with E-state index in [0.717, 1.165) is 5.69 Å². The molecule has 1 heterocycles. The Balaban J connectivity index is 1.75. The van der Waals surface area contributed by atoms with Crippen molar-refractivity contribution in [1.82, 2.24) is 15.3 Å². The Morgan fingerprint density at radius 1 is 1.44 bits per heavy atom. The van der Waals surface area contributed by atoms with Gasteiger partial charge in [-0.2, -0.15) is 0 Å².